The van der Waals surface area contributed by atoms with Crippen molar-refractivity contribution in [1.29, 1.82) is 0 Å². The number of anilines is 2. The van der Waals surface area contributed by atoms with Gasteiger partial charge in [0, 0.05) is 24.0 Å². The third-order valence-electron chi connectivity index (χ3n) is 5.18. The summed E-state index contributed by atoms with van der Waals surface area (Å²) in [6.07, 6.45) is 5.62. The highest BCUT2D eigenvalue weighted by Crippen LogP contribution is 2.42. The van der Waals surface area contributed by atoms with Crippen molar-refractivity contribution in [3.05, 3.63) is 48.8 Å². The van der Waals surface area contributed by atoms with Crippen molar-refractivity contribution in [2.45, 2.75) is 36.2 Å². The molecule has 0 radical (unpaired) electrons. The summed E-state index contributed by atoms with van der Waals surface area (Å²) >= 11 is 1.38. The quantitative estimate of drug-likeness (QED) is 0.638. The number of carbonyl (C=O) groups excluding carboxylic acids is 2. The normalized spacial score (nSPS) is 16.7. The molecule has 1 aliphatic heterocycles. The molecule has 2 aliphatic rings. The number of fused-ring (bicyclic) bond motifs is 1. The summed E-state index contributed by atoms with van der Waals surface area (Å²) in [7, 11) is 0. The number of hydrogen-bond donors (Lipinski definition) is 1. The van der Waals surface area contributed by atoms with E-state index in [0.717, 1.165) is 35.1 Å². The van der Waals surface area contributed by atoms with E-state index in [9.17, 15) is 9.59 Å². The number of amides is 2. The van der Waals surface area contributed by atoms with Gasteiger partial charge in [0.25, 0.3) is 0 Å². The van der Waals surface area contributed by atoms with Gasteiger partial charge < -0.3 is 5.32 Å². The van der Waals surface area contributed by atoms with Crippen molar-refractivity contribution in [3.8, 4) is 11.4 Å². The first kappa shape index (κ1) is 18.8. The average Bonchev–Trinajstić information content (AvgIpc) is 3.53. The maximum Gasteiger partial charge on any atom is 0.244 e. The number of aromatic nitrogens is 4. The third kappa shape index (κ3) is 3.45. The summed E-state index contributed by atoms with van der Waals surface area (Å²) in [6.45, 7) is 1.86. The molecular weight excluding hydrogens is 400 g/mol. The van der Waals surface area contributed by atoms with Crippen LogP contribution in [0.3, 0.4) is 0 Å². The predicted molar refractivity (Wildman–Crippen MR) is 114 cm³/mol. The van der Waals surface area contributed by atoms with Gasteiger partial charge in [-0.15, -0.1) is 10.2 Å². The lowest BCUT2D eigenvalue weighted by atomic mass is 10.2. The molecule has 1 N–H and O–H groups in total. The minimum atomic E-state index is -0.420. The zero-order chi connectivity index (χ0) is 20.7. The molecule has 1 fully saturated rings. The molecule has 2 aromatic heterocycles. The Hall–Kier alpha value is -3.20. The molecule has 1 atom stereocenters. The number of hydrogen-bond acceptors (Lipinski definition) is 6. The summed E-state index contributed by atoms with van der Waals surface area (Å²) in [4.78, 5) is 31.0. The molecular formula is C21H20N6O2S. The van der Waals surface area contributed by atoms with E-state index in [1.807, 2.05) is 37.3 Å². The van der Waals surface area contributed by atoms with E-state index < -0.39 is 5.25 Å². The molecule has 3 heterocycles. The largest absolute Gasteiger partial charge is 0.323 e. The molecule has 1 saturated carbocycles. The molecule has 0 bridgehead atoms. The van der Waals surface area contributed by atoms with Crippen LogP contribution in [0.2, 0.25) is 0 Å². The van der Waals surface area contributed by atoms with E-state index in [2.05, 4.69) is 25.1 Å². The van der Waals surface area contributed by atoms with E-state index >= 15 is 0 Å². The Balaban J connectivity index is 1.41. The fourth-order valence-electron chi connectivity index (χ4n) is 3.57. The summed E-state index contributed by atoms with van der Waals surface area (Å²) in [5.74, 6) is 0.475. The Bertz CT molecular complexity index is 1110. The van der Waals surface area contributed by atoms with Crippen LogP contribution in [0.15, 0.2) is 53.9 Å². The first-order valence-corrected chi connectivity index (χ1v) is 10.7. The highest BCUT2D eigenvalue weighted by Gasteiger charge is 2.34. The summed E-state index contributed by atoms with van der Waals surface area (Å²) < 4.78 is 2.13. The number of benzene rings is 1. The monoisotopic (exact) mass is 420 g/mol. The van der Waals surface area contributed by atoms with Gasteiger partial charge in [0.15, 0.2) is 11.0 Å². The van der Waals surface area contributed by atoms with Crippen LogP contribution < -0.4 is 10.2 Å². The summed E-state index contributed by atoms with van der Waals surface area (Å²) in [5.41, 5.74) is 2.33. The highest BCUT2D eigenvalue weighted by molar-refractivity contribution is 8.00. The van der Waals surface area contributed by atoms with Gasteiger partial charge in [0.2, 0.25) is 11.8 Å². The molecule has 5 rings (SSSR count). The van der Waals surface area contributed by atoms with Crippen LogP contribution in [0.4, 0.5) is 11.4 Å². The SMILES string of the molecule is CC(Sc1nnc(-c2ccncc2)n1C1CC1)C(=O)N1CC(=O)Nc2ccccc21. The Kier molecular flexibility index (Phi) is 4.74. The fraction of sp³-hybridized carbons (Fsp3) is 0.286. The first-order valence-electron chi connectivity index (χ1n) is 9.84. The van der Waals surface area contributed by atoms with Crippen LogP contribution in [0.5, 0.6) is 0 Å². The predicted octanol–water partition coefficient (Wildman–Crippen LogP) is 3.14. The third-order valence-corrected chi connectivity index (χ3v) is 6.23. The topological polar surface area (TPSA) is 93.0 Å². The van der Waals surface area contributed by atoms with Crippen LogP contribution in [-0.2, 0) is 9.59 Å². The van der Waals surface area contributed by atoms with Crippen molar-refractivity contribution in [2.75, 3.05) is 16.8 Å². The van der Waals surface area contributed by atoms with Crippen LogP contribution in [0, 0.1) is 0 Å². The van der Waals surface area contributed by atoms with Crippen LogP contribution in [0.25, 0.3) is 11.4 Å². The number of nitrogens with one attached hydrogen (secondary N) is 1. The minimum Gasteiger partial charge on any atom is -0.323 e. The van der Waals surface area contributed by atoms with Crippen molar-refractivity contribution >= 4 is 35.0 Å². The second-order valence-corrected chi connectivity index (χ2v) is 8.70. The van der Waals surface area contributed by atoms with Crippen LogP contribution >= 0.6 is 11.8 Å². The summed E-state index contributed by atoms with van der Waals surface area (Å²) in [6, 6.07) is 11.5. The fourth-order valence-corrected chi connectivity index (χ4v) is 4.56. The number of carbonyl (C=O) groups is 2. The van der Waals surface area contributed by atoms with Crippen molar-refractivity contribution in [3.63, 3.8) is 0 Å². The van der Waals surface area contributed by atoms with Crippen molar-refractivity contribution in [1.82, 2.24) is 19.7 Å². The molecule has 1 aromatic carbocycles. The second-order valence-electron chi connectivity index (χ2n) is 7.39. The van der Waals surface area contributed by atoms with E-state index in [-0.39, 0.29) is 18.4 Å². The molecule has 152 valence electrons. The maximum atomic E-state index is 13.2. The van der Waals surface area contributed by atoms with Gasteiger partial charge in [-0.25, -0.2) is 0 Å². The lowest BCUT2D eigenvalue weighted by Crippen LogP contribution is -2.45. The van der Waals surface area contributed by atoms with Gasteiger partial charge in [-0.05, 0) is 44.0 Å². The number of nitrogens with zero attached hydrogens (tertiary/aromatic N) is 5. The van der Waals surface area contributed by atoms with Gasteiger partial charge in [0.05, 0.1) is 16.6 Å². The maximum absolute atomic E-state index is 13.2. The molecule has 0 spiro atoms. The average molecular weight is 420 g/mol. The van der Waals surface area contributed by atoms with Gasteiger partial charge in [-0.3, -0.25) is 24.0 Å². The Morgan fingerprint density at radius 2 is 1.93 bits per heavy atom. The van der Waals surface area contributed by atoms with Crippen LogP contribution in [0.1, 0.15) is 25.8 Å². The van der Waals surface area contributed by atoms with E-state index in [4.69, 9.17) is 0 Å². The van der Waals surface area contributed by atoms with E-state index in [0.29, 0.717) is 11.7 Å². The zero-order valence-corrected chi connectivity index (χ0v) is 17.2. The number of para-hydroxylation sites is 2. The number of pyridine rings is 1. The minimum absolute atomic E-state index is 0.0122. The van der Waals surface area contributed by atoms with Gasteiger partial charge >= 0.3 is 0 Å². The number of thioether (sulfide) groups is 1. The van der Waals surface area contributed by atoms with Crippen molar-refractivity contribution < 1.29 is 9.59 Å². The Morgan fingerprint density at radius 3 is 2.70 bits per heavy atom. The lowest BCUT2D eigenvalue weighted by Gasteiger charge is -2.30. The lowest BCUT2D eigenvalue weighted by molar-refractivity contribution is -0.121. The number of rotatable bonds is 5. The molecule has 30 heavy (non-hydrogen) atoms. The molecule has 8 nitrogen and oxygen atoms in total. The van der Waals surface area contributed by atoms with Crippen molar-refractivity contribution in [2.24, 2.45) is 0 Å². The molecule has 1 unspecified atom stereocenters. The molecule has 1 aliphatic carbocycles. The van der Waals surface area contributed by atoms with Gasteiger partial charge in [0.1, 0.15) is 6.54 Å². The second kappa shape index (κ2) is 7.56. The zero-order valence-electron chi connectivity index (χ0n) is 16.4. The smallest absolute Gasteiger partial charge is 0.244 e. The first-order chi connectivity index (χ1) is 14.6. The van der Waals surface area contributed by atoms with E-state index in [1.165, 1.54) is 11.8 Å². The molecule has 3 aromatic rings. The van der Waals surface area contributed by atoms with Gasteiger partial charge in [-0.2, -0.15) is 0 Å². The highest BCUT2D eigenvalue weighted by atomic mass is 32.2. The van der Waals surface area contributed by atoms with Crippen LogP contribution in [-0.4, -0.2) is 43.4 Å². The molecule has 0 saturated heterocycles. The van der Waals surface area contributed by atoms with E-state index in [1.54, 1.807) is 23.4 Å². The Morgan fingerprint density at radius 1 is 1.17 bits per heavy atom. The van der Waals surface area contributed by atoms with Gasteiger partial charge in [-0.1, -0.05) is 23.9 Å². The Labute approximate surface area is 177 Å². The molecule has 9 heteroatoms. The molecule has 2 amide bonds. The standard InChI is InChI=1S/C21H20N6O2S/c1-13(20(29)26-12-18(28)23-16-4-2-3-5-17(16)26)30-21-25-24-19(27(21)15-6-7-15)14-8-10-22-11-9-14/h2-5,8-11,13,15H,6-7,12H2,1H3,(H,23,28). The summed E-state index contributed by atoms with van der Waals surface area (Å²) in [5, 5.41) is 11.9.